The van der Waals surface area contributed by atoms with E-state index in [2.05, 4.69) is 15.5 Å². The Morgan fingerprint density at radius 3 is 2.45 bits per heavy atom. The van der Waals surface area contributed by atoms with E-state index >= 15 is 0 Å². The topological polar surface area (TPSA) is 70.7 Å². The molecule has 1 saturated heterocycles. The number of para-hydroxylation sites is 1. The zero-order valence-electron chi connectivity index (χ0n) is 16.5. The third-order valence-electron chi connectivity index (χ3n) is 5.05. The smallest absolute Gasteiger partial charge is 0.313 e. The van der Waals surface area contributed by atoms with Crippen molar-refractivity contribution in [2.24, 2.45) is 0 Å². The molecular weight excluding hydrogens is 373 g/mol. The lowest BCUT2D eigenvalue weighted by Crippen LogP contribution is -2.45. The fourth-order valence-corrected chi connectivity index (χ4v) is 3.43. The molecule has 2 aromatic carbocycles. The first kappa shape index (κ1) is 21.0. The Morgan fingerprint density at radius 2 is 1.76 bits per heavy atom. The Hall–Kier alpha value is -2.77. The van der Waals surface area contributed by atoms with E-state index in [1.807, 2.05) is 25.1 Å². The van der Waals surface area contributed by atoms with E-state index < -0.39 is 11.8 Å². The summed E-state index contributed by atoms with van der Waals surface area (Å²) in [6.07, 6.45) is 0.752. The zero-order valence-corrected chi connectivity index (χ0v) is 16.5. The minimum absolute atomic E-state index is 0.167. The summed E-state index contributed by atoms with van der Waals surface area (Å²) >= 11 is 0. The lowest BCUT2D eigenvalue weighted by Gasteiger charge is -2.34. The van der Waals surface area contributed by atoms with Gasteiger partial charge in [-0.2, -0.15) is 0 Å². The van der Waals surface area contributed by atoms with Crippen LogP contribution in [0.2, 0.25) is 0 Å². The Kier molecular flexibility index (Phi) is 7.32. The van der Waals surface area contributed by atoms with E-state index in [0.717, 1.165) is 17.5 Å². The van der Waals surface area contributed by atoms with Crippen molar-refractivity contribution < 1.29 is 18.7 Å². The highest BCUT2D eigenvalue weighted by atomic mass is 19.1. The van der Waals surface area contributed by atoms with Gasteiger partial charge in [-0.15, -0.1) is 0 Å². The minimum atomic E-state index is -0.703. The molecule has 2 amide bonds. The second-order valence-electron chi connectivity index (χ2n) is 6.89. The number of ether oxygens (including phenoxy) is 1. The molecule has 7 heteroatoms. The van der Waals surface area contributed by atoms with Gasteiger partial charge in [0.05, 0.1) is 19.3 Å². The Bertz CT molecular complexity index is 835. The van der Waals surface area contributed by atoms with E-state index in [0.29, 0.717) is 32.0 Å². The maximum absolute atomic E-state index is 13.3. The van der Waals surface area contributed by atoms with E-state index in [-0.39, 0.29) is 18.4 Å². The summed E-state index contributed by atoms with van der Waals surface area (Å²) < 4.78 is 18.7. The molecule has 0 aliphatic carbocycles. The number of hydrogen-bond donors (Lipinski definition) is 2. The summed E-state index contributed by atoms with van der Waals surface area (Å²) in [5, 5.41) is 5.40. The molecule has 2 aromatic rings. The first-order chi connectivity index (χ1) is 14.1. The maximum atomic E-state index is 13.3. The molecule has 1 heterocycles. The Morgan fingerprint density at radius 1 is 1.07 bits per heavy atom. The Balaban J connectivity index is 1.65. The molecule has 1 fully saturated rings. The maximum Gasteiger partial charge on any atom is 0.313 e. The van der Waals surface area contributed by atoms with Crippen molar-refractivity contribution in [2.75, 3.05) is 38.2 Å². The van der Waals surface area contributed by atoms with Crippen LogP contribution >= 0.6 is 0 Å². The molecule has 29 heavy (non-hydrogen) atoms. The van der Waals surface area contributed by atoms with Crippen LogP contribution in [0.25, 0.3) is 0 Å². The predicted molar refractivity (Wildman–Crippen MR) is 109 cm³/mol. The van der Waals surface area contributed by atoms with Crippen LogP contribution in [0.15, 0.2) is 48.5 Å². The van der Waals surface area contributed by atoms with Gasteiger partial charge >= 0.3 is 11.8 Å². The molecular formula is C22H26FN3O3. The van der Waals surface area contributed by atoms with Crippen molar-refractivity contribution in [3.8, 4) is 0 Å². The monoisotopic (exact) mass is 399 g/mol. The normalized spacial score (nSPS) is 15.5. The molecule has 1 unspecified atom stereocenters. The molecule has 0 bridgehead atoms. The van der Waals surface area contributed by atoms with Gasteiger partial charge in [0.2, 0.25) is 0 Å². The molecule has 0 saturated carbocycles. The van der Waals surface area contributed by atoms with Gasteiger partial charge in [-0.3, -0.25) is 14.5 Å². The lowest BCUT2D eigenvalue weighted by atomic mass is 10.0. The van der Waals surface area contributed by atoms with Gasteiger partial charge < -0.3 is 15.4 Å². The number of nitrogens with zero attached hydrogens (tertiary/aromatic N) is 1. The van der Waals surface area contributed by atoms with Gasteiger partial charge in [0, 0.05) is 25.3 Å². The number of rotatable bonds is 6. The molecule has 0 aromatic heterocycles. The summed E-state index contributed by atoms with van der Waals surface area (Å²) in [7, 11) is 0. The molecule has 2 N–H and O–H groups in total. The van der Waals surface area contributed by atoms with Gasteiger partial charge in [-0.25, -0.2) is 4.39 Å². The minimum Gasteiger partial charge on any atom is -0.379 e. The number of benzene rings is 2. The number of carbonyl (C=O) groups is 2. The number of amides is 2. The van der Waals surface area contributed by atoms with Gasteiger partial charge in [-0.05, 0) is 35.7 Å². The summed E-state index contributed by atoms with van der Waals surface area (Å²) in [5.74, 6) is -1.71. The van der Waals surface area contributed by atoms with Gasteiger partial charge in [-0.1, -0.05) is 37.3 Å². The van der Waals surface area contributed by atoms with Gasteiger partial charge in [0.15, 0.2) is 0 Å². The van der Waals surface area contributed by atoms with Crippen molar-refractivity contribution in [3.63, 3.8) is 0 Å². The Labute approximate surface area is 170 Å². The molecule has 1 atom stereocenters. The van der Waals surface area contributed by atoms with E-state index in [9.17, 15) is 14.0 Å². The van der Waals surface area contributed by atoms with E-state index in [1.54, 1.807) is 18.2 Å². The van der Waals surface area contributed by atoms with Crippen LogP contribution < -0.4 is 10.6 Å². The average Bonchev–Trinajstić information content (AvgIpc) is 2.76. The van der Waals surface area contributed by atoms with Crippen LogP contribution in [0.1, 0.15) is 24.1 Å². The first-order valence-electron chi connectivity index (χ1n) is 9.83. The number of hydrogen-bond acceptors (Lipinski definition) is 4. The van der Waals surface area contributed by atoms with Crippen LogP contribution in [0, 0.1) is 5.82 Å². The van der Waals surface area contributed by atoms with Crippen molar-refractivity contribution in [1.29, 1.82) is 0 Å². The number of aryl methyl sites for hydroxylation is 1. The molecule has 1 aliphatic rings. The average molecular weight is 399 g/mol. The number of nitrogens with one attached hydrogen (secondary N) is 2. The highest BCUT2D eigenvalue weighted by Crippen LogP contribution is 2.22. The van der Waals surface area contributed by atoms with E-state index in [1.165, 1.54) is 12.1 Å². The summed E-state index contributed by atoms with van der Waals surface area (Å²) in [6.45, 7) is 4.83. The summed E-state index contributed by atoms with van der Waals surface area (Å²) in [4.78, 5) is 26.9. The highest BCUT2D eigenvalue weighted by Gasteiger charge is 2.24. The molecule has 3 rings (SSSR count). The number of carbonyl (C=O) groups excluding carboxylic acids is 2. The summed E-state index contributed by atoms with van der Waals surface area (Å²) in [5.41, 5.74) is 2.48. The molecule has 6 nitrogen and oxygen atoms in total. The largest absolute Gasteiger partial charge is 0.379 e. The van der Waals surface area contributed by atoms with Gasteiger partial charge in [0.25, 0.3) is 0 Å². The predicted octanol–water partition coefficient (Wildman–Crippen LogP) is 2.52. The third-order valence-corrected chi connectivity index (χ3v) is 5.05. The number of morpholine rings is 1. The summed E-state index contributed by atoms with van der Waals surface area (Å²) in [6, 6.07) is 13.4. The highest BCUT2D eigenvalue weighted by molar-refractivity contribution is 6.39. The van der Waals surface area contributed by atoms with Crippen molar-refractivity contribution in [3.05, 3.63) is 65.5 Å². The van der Waals surface area contributed by atoms with Crippen molar-refractivity contribution in [2.45, 2.75) is 19.4 Å². The van der Waals surface area contributed by atoms with Crippen molar-refractivity contribution >= 4 is 17.5 Å². The second kappa shape index (κ2) is 10.1. The van der Waals surface area contributed by atoms with Crippen LogP contribution in [0.4, 0.5) is 10.1 Å². The second-order valence-corrected chi connectivity index (χ2v) is 6.89. The third kappa shape index (κ3) is 5.62. The SMILES string of the molecule is CCc1ccccc1NC(=O)C(=O)NCC(c1ccc(F)cc1)N1CCOCC1. The standard InChI is InChI=1S/C22H26FN3O3/c1-2-16-5-3-4-6-19(16)25-22(28)21(27)24-15-20(26-11-13-29-14-12-26)17-7-9-18(23)10-8-17/h3-10,20H,2,11-15H2,1H3,(H,24,27)(H,25,28). The molecule has 154 valence electrons. The van der Waals surface area contributed by atoms with Gasteiger partial charge in [0.1, 0.15) is 5.82 Å². The van der Waals surface area contributed by atoms with Crippen LogP contribution in [-0.2, 0) is 20.7 Å². The molecule has 0 spiro atoms. The number of anilines is 1. The fourth-order valence-electron chi connectivity index (χ4n) is 3.43. The zero-order chi connectivity index (χ0) is 20.6. The van der Waals surface area contributed by atoms with Crippen LogP contribution in [0.5, 0.6) is 0 Å². The first-order valence-corrected chi connectivity index (χ1v) is 9.83. The number of halogens is 1. The molecule has 1 aliphatic heterocycles. The fraction of sp³-hybridized carbons (Fsp3) is 0.364. The van der Waals surface area contributed by atoms with Crippen LogP contribution in [0.3, 0.4) is 0 Å². The quantitative estimate of drug-likeness (QED) is 0.733. The van der Waals surface area contributed by atoms with E-state index in [4.69, 9.17) is 4.74 Å². The molecule has 0 radical (unpaired) electrons. The van der Waals surface area contributed by atoms with Crippen molar-refractivity contribution in [1.82, 2.24) is 10.2 Å². The van der Waals surface area contributed by atoms with Crippen LogP contribution in [-0.4, -0.2) is 49.6 Å². The lowest BCUT2D eigenvalue weighted by molar-refractivity contribution is -0.136.